The molecule has 4 N–H and O–H groups in total. The van der Waals surface area contributed by atoms with E-state index in [1.165, 1.54) is 24.3 Å². The quantitative estimate of drug-likeness (QED) is 0.332. The number of nitrogens with two attached hydrogens (primary N) is 1. The summed E-state index contributed by atoms with van der Waals surface area (Å²) in [5, 5.41) is 9.56. The molecule has 12 nitrogen and oxygen atoms in total. The number of nitrogens with zero attached hydrogens (tertiary/aromatic N) is 5. The third-order valence-electron chi connectivity index (χ3n) is 8.41. The van der Waals surface area contributed by atoms with Gasteiger partial charge in [-0.1, -0.05) is 60.7 Å². The summed E-state index contributed by atoms with van der Waals surface area (Å²) in [6.07, 6.45) is 3.67. The first-order chi connectivity index (χ1) is 20.8. The van der Waals surface area contributed by atoms with Crippen LogP contribution in [0.25, 0.3) is 0 Å². The van der Waals surface area contributed by atoms with Crippen molar-refractivity contribution in [2.45, 2.75) is 62.3 Å². The SMILES string of the molecule is CNC(=O)[C@@H]1C[C@H](c2ccccc2)CN1C(=O)[C@@H]1C[C@H](c2ccccc2)CN1C(=O)C(Cn1cncn1)NC(=O)C(C)N. The summed E-state index contributed by atoms with van der Waals surface area (Å²) in [7, 11) is 1.56. The Balaban J connectivity index is 1.46. The number of carbonyl (C=O) groups excluding carboxylic acids is 4. The summed E-state index contributed by atoms with van der Waals surface area (Å²) in [4.78, 5) is 61.5. The number of hydrogen-bond donors (Lipinski definition) is 3. The molecule has 12 heteroatoms. The van der Waals surface area contributed by atoms with Crippen molar-refractivity contribution in [2.24, 2.45) is 5.73 Å². The molecular formula is C31H38N8O4. The molecule has 0 aliphatic carbocycles. The lowest BCUT2D eigenvalue weighted by Crippen LogP contribution is -2.58. The van der Waals surface area contributed by atoms with E-state index in [4.69, 9.17) is 5.73 Å². The van der Waals surface area contributed by atoms with Gasteiger partial charge < -0.3 is 26.2 Å². The van der Waals surface area contributed by atoms with Crippen LogP contribution in [0.1, 0.15) is 42.7 Å². The topological polar surface area (TPSA) is 156 Å². The van der Waals surface area contributed by atoms with Gasteiger partial charge in [0.2, 0.25) is 23.6 Å². The highest BCUT2D eigenvalue weighted by molar-refractivity contribution is 5.95. The largest absolute Gasteiger partial charge is 0.357 e. The van der Waals surface area contributed by atoms with Crippen LogP contribution in [-0.2, 0) is 25.7 Å². The van der Waals surface area contributed by atoms with Gasteiger partial charge in [0.1, 0.15) is 30.8 Å². The Morgan fingerprint density at radius 3 is 2.02 bits per heavy atom. The van der Waals surface area contributed by atoms with Crippen molar-refractivity contribution in [3.05, 3.63) is 84.4 Å². The molecule has 0 radical (unpaired) electrons. The minimum atomic E-state index is -1.03. The van der Waals surface area contributed by atoms with Crippen LogP contribution in [0.2, 0.25) is 0 Å². The van der Waals surface area contributed by atoms with E-state index in [0.717, 1.165) is 11.1 Å². The predicted molar refractivity (Wildman–Crippen MR) is 158 cm³/mol. The molecule has 4 amide bonds. The van der Waals surface area contributed by atoms with Crippen LogP contribution in [0, 0.1) is 0 Å². The summed E-state index contributed by atoms with van der Waals surface area (Å²) < 4.78 is 1.46. The van der Waals surface area contributed by atoms with Gasteiger partial charge >= 0.3 is 0 Å². The first-order valence-electron chi connectivity index (χ1n) is 14.6. The zero-order valence-corrected chi connectivity index (χ0v) is 24.4. The molecule has 0 saturated carbocycles. The standard InChI is InChI=1S/C31H38N8O4/c1-20(32)28(40)36-25(17-37-19-34-18-35-37)30(42)39-16-24(22-11-7-4-8-12-22)14-27(39)31(43)38-15-23(13-26(38)29(41)33-2)21-9-5-3-6-10-21/h3-12,18-20,23-27H,13-17,32H2,1-2H3,(H,33,41)(H,36,40)/t20?,23-,24-,25?,26-,27-/m0/s1. The van der Waals surface area contributed by atoms with Gasteiger partial charge in [-0.2, -0.15) is 5.10 Å². The monoisotopic (exact) mass is 586 g/mol. The number of carbonyl (C=O) groups is 4. The Labute approximate surface area is 250 Å². The average Bonchev–Trinajstić information content (AvgIpc) is 3.81. The number of rotatable bonds is 9. The number of amides is 4. The maximum atomic E-state index is 14.4. The van der Waals surface area contributed by atoms with Gasteiger partial charge in [0.05, 0.1) is 12.6 Å². The van der Waals surface area contributed by atoms with Gasteiger partial charge in [0.15, 0.2) is 0 Å². The van der Waals surface area contributed by atoms with Crippen molar-refractivity contribution in [3.63, 3.8) is 0 Å². The van der Waals surface area contributed by atoms with E-state index in [0.29, 0.717) is 19.4 Å². The van der Waals surface area contributed by atoms with Crippen molar-refractivity contribution in [3.8, 4) is 0 Å². The Kier molecular flexibility index (Phi) is 9.15. The lowest BCUT2D eigenvalue weighted by Gasteiger charge is -2.33. The van der Waals surface area contributed by atoms with Crippen LogP contribution in [0.15, 0.2) is 73.3 Å². The molecule has 1 aromatic heterocycles. The van der Waals surface area contributed by atoms with E-state index >= 15 is 0 Å². The molecule has 2 aliphatic rings. The molecule has 2 aromatic carbocycles. The molecule has 2 aliphatic heterocycles. The van der Waals surface area contributed by atoms with Crippen molar-refractivity contribution < 1.29 is 19.2 Å². The summed E-state index contributed by atoms with van der Waals surface area (Å²) in [6, 6.07) is 16.2. The highest BCUT2D eigenvalue weighted by Crippen LogP contribution is 2.37. The number of likely N-dealkylation sites (tertiary alicyclic amines) is 2. The summed E-state index contributed by atoms with van der Waals surface area (Å²) >= 11 is 0. The van der Waals surface area contributed by atoms with E-state index in [2.05, 4.69) is 20.7 Å². The van der Waals surface area contributed by atoms with Crippen LogP contribution in [-0.4, -0.2) is 92.5 Å². The number of likely N-dealkylation sites (N-methyl/N-ethyl adjacent to an activating group) is 1. The van der Waals surface area contributed by atoms with Crippen molar-refractivity contribution in [1.82, 2.24) is 35.2 Å². The van der Waals surface area contributed by atoms with E-state index in [9.17, 15) is 19.2 Å². The second-order valence-electron chi connectivity index (χ2n) is 11.3. The molecule has 43 heavy (non-hydrogen) atoms. The fraction of sp³-hybridized carbons (Fsp3) is 0.419. The normalized spacial score (nSPS) is 23.0. The fourth-order valence-corrected chi connectivity index (χ4v) is 6.14. The number of nitrogens with one attached hydrogen (secondary N) is 2. The molecule has 2 unspecified atom stereocenters. The van der Waals surface area contributed by atoms with E-state index in [1.807, 2.05) is 60.7 Å². The average molecular weight is 587 g/mol. The summed E-state index contributed by atoms with van der Waals surface area (Å²) in [6.45, 7) is 2.20. The first kappa shape index (κ1) is 29.9. The summed E-state index contributed by atoms with van der Waals surface area (Å²) in [5.74, 6) is -1.57. The Morgan fingerprint density at radius 2 is 1.49 bits per heavy atom. The van der Waals surface area contributed by atoms with E-state index in [-0.39, 0.29) is 36.7 Å². The van der Waals surface area contributed by atoms with Gasteiger partial charge in [-0.25, -0.2) is 4.98 Å². The third kappa shape index (κ3) is 6.59. The van der Waals surface area contributed by atoms with Gasteiger partial charge in [0.25, 0.3) is 0 Å². The Hall–Kier alpha value is -4.58. The molecule has 6 atom stereocenters. The smallest absolute Gasteiger partial charge is 0.247 e. The molecular weight excluding hydrogens is 548 g/mol. The van der Waals surface area contributed by atoms with Crippen molar-refractivity contribution >= 4 is 23.6 Å². The zero-order chi connectivity index (χ0) is 30.5. The molecule has 5 rings (SSSR count). The second kappa shape index (κ2) is 13.2. The molecule has 3 aromatic rings. The van der Waals surface area contributed by atoms with E-state index in [1.54, 1.807) is 16.8 Å². The van der Waals surface area contributed by atoms with Crippen LogP contribution in [0.3, 0.4) is 0 Å². The minimum Gasteiger partial charge on any atom is -0.357 e. The molecule has 0 spiro atoms. The van der Waals surface area contributed by atoms with Crippen LogP contribution < -0.4 is 16.4 Å². The predicted octanol–water partition coefficient (Wildman–Crippen LogP) is 0.626. The highest BCUT2D eigenvalue weighted by Gasteiger charge is 2.48. The minimum absolute atomic E-state index is 0.0192. The zero-order valence-electron chi connectivity index (χ0n) is 24.4. The number of aromatic nitrogens is 3. The maximum Gasteiger partial charge on any atom is 0.247 e. The molecule has 226 valence electrons. The summed E-state index contributed by atoms with van der Waals surface area (Å²) in [5.41, 5.74) is 7.88. The number of hydrogen-bond acceptors (Lipinski definition) is 7. The van der Waals surface area contributed by atoms with Crippen LogP contribution in [0.5, 0.6) is 0 Å². The second-order valence-corrected chi connectivity index (χ2v) is 11.3. The van der Waals surface area contributed by atoms with Crippen molar-refractivity contribution in [2.75, 3.05) is 20.1 Å². The van der Waals surface area contributed by atoms with Gasteiger partial charge in [0, 0.05) is 32.0 Å². The third-order valence-corrected chi connectivity index (χ3v) is 8.41. The molecule has 3 heterocycles. The molecule has 0 bridgehead atoms. The van der Waals surface area contributed by atoms with Crippen LogP contribution >= 0.6 is 0 Å². The first-order valence-corrected chi connectivity index (χ1v) is 14.6. The highest BCUT2D eigenvalue weighted by atomic mass is 16.2. The fourth-order valence-electron chi connectivity index (χ4n) is 6.14. The van der Waals surface area contributed by atoms with Gasteiger partial charge in [-0.15, -0.1) is 0 Å². The maximum absolute atomic E-state index is 14.4. The van der Waals surface area contributed by atoms with Gasteiger partial charge in [-0.3, -0.25) is 23.9 Å². The van der Waals surface area contributed by atoms with E-state index < -0.39 is 36.0 Å². The van der Waals surface area contributed by atoms with Crippen LogP contribution in [0.4, 0.5) is 0 Å². The number of benzene rings is 2. The van der Waals surface area contributed by atoms with Gasteiger partial charge in [-0.05, 0) is 30.9 Å². The lowest BCUT2D eigenvalue weighted by molar-refractivity contribution is -0.148. The van der Waals surface area contributed by atoms with Crippen molar-refractivity contribution in [1.29, 1.82) is 0 Å². The molecule has 2 saturated heterocycles. The lowest BCUT2D eigenvalue weighted by atomic mass is 9.96. The molecule has 2 fully saturated rings. The Bertz CT molecular complexity index is 1420. The Morgan fingerprint density at radius 1 is 0.907 bits per heavy atom.